The van der Waals surface area contributed by atoms with Crippen molar-refractivity contribution in [2.45, 2.75) is 6.18 Å². The Balaban J connectivity index is 1.63. The zero-order valence-electron chi connectivity index (χ0n) is 16.8. The van der Waals surface area contributed by atoms with Gasteiger partial charge in [0.25, 0.3) is 23.1 Å². The number of carbonyl (C=O) groups is 2. The van der Waals surface area contributed by atoms with Crippen LogP contribution in [0.15, 0.2) is 36.5 Å². The second kappa shape index (κ2) is 9.53. The largest absolute Gasteiger partial charge is 0.495 e. The van der Waals surface area contributed by atoms with Crippen LogP contribution in [0, 0.1) is 0 Å². The Morgan fingerprint density at radius 3 is 2.22 bits per heavy atom. The molecule has 1 aromatic carbocycles. The second-order valence-corrected chi connectivity index (χ2v) is 7.48. The standard InChI is InChI=1S/C19H19F3N4O5S/c1-31-16-10-12(2-4-14(16)24-32(29)30)17(27)25-6-8-26(9-7-25)18(28)15-5-3-13(11-23-15)19(20,21)22/h2-5,10-11,24H,6-9H2,1H3,(H,29,30). The van der Waals surface area contributed by atoms with E-state index < -0.39 is 28.9 Å². The number of benzene rings is 1. The maximum Gasteiger partial charge on any atom is 0.417 e. The third-order valence-corrected chi connectivity index (χ3v) is 5.20. The van der Waals surface area contributed by atoms with E-state index in [2.05, 4.69) is 9.71 Å². The molecule has 3 rings (SSSR count). The van der Waals surface area contributed by atoms with Crippen molar-refractivity contribution < 1.29 is 36.3 Å². The summed E-state index contributed by atoms with van der Waals surface area (Å²) >= 11 is -2.30. The van der Waals surface area contributed by atoms with Gasteiger partial charge in [-0.1, -0.05) is 0 Å². The number of pyridine rings is 1. The molecule has 1 aliphatic rings. The average Bonchev–Trinajstić information content (AvgIpc) is 2.77. The number of nitrogens with zero attached hydrogens (tertiary/aromatic N) is 3. The Morgan fingerprint density at radius 1 is 1.09 bits per heavy atom. The third kappa shape index (κ3) is 5.34. The minimum absolute atomic E-state index is 0.105. The van der Waals surface area contributed by atoms with Gasteiger partial charge in [-0.15, -0.1) is 0 Å². The number of hydrogen-bond acceptors (Lipinski definition) is 5. The van der Waals surface area contributed by atoms with Crippen molar-refractivity contribution in [3.05, 3.63) is 53.3 Å². The minimum atomic E-state index is -4.54. The number of amides is 2. The second-order valence-electron chi connectivity index (χ2n) is 6.78. The van der Waals surface area contributed by atoms with Crippen molar-refractivity contribution in [2.75, 3.05) is 38.0 Å². The molecule has 1 aromatic heterocycles. The van der Waals surface area contributed by atoms with Crippen LogP contribution >= 0.6 is 0 Å². The predicted octanol–water partition coefficient (Wildman–Crippen LogP) is 2.26. The molecular formula is C19H19F3N4O5S. The lowest BCUT2D eigenvalue weighted by Crippen LogP contribution is -2.50. The highest BCUT2D eigenvalue weighted by Gasteiger charge is 2.32. The SMILES string of the molecule is COc1cc(C(=O)N2CCN(C(=O)c3ccc(C(F)(F)F)cn3)CC2)ccc1NS(=O)O. The fourth-order valence-corrected chi connectivity index (χ4v) is 3.50. The van der Waals surface area contributed by atoms with Gasteiger partial charge in [0.05, 0.1) is 18.4 Å². The number of piperazine rings is 1. The normalized spacial score (nSPS) is 15.3. The summed E-state index contributed by atoms with van der Waals surface area (Å²) in [6.07, 6.45) is -3.92. The number of alkyl halides is 3. The zero-order valence-corrected chi connectivity index (χ0v) is 17.6. The molecule has 0 saturated carbocycles. The molecule has 1 atom stereocenters. The van der Waals surface area contributed by atoms with Crippen molar-refractivity contribution >= 4 is 28.8 Å². The van der Waals surface area contributed by atoms with E-state index in [-0.39, 0.29) is 49.2 Å². The maximum absolute atomic E-state index is 12.8. The van der Waals surface area contributed by atoms with Gasteiger partial charge >= 0.3 is 6.18 Å². The Labute approximate surface area is 183 Å². The van der Waals surface area contributed by atoms with Gasteiger partial charge in [-0.25, -0.2) is 4.21 Å². The summed E-state index contributed by atoms with van der Waals surface area (Å²) in [6, 6.07) is 6.18. The first-order valence-corrected chi connectivity index (χ1v) is 10.4. The summed E-state index contributed by atoms with van der Waals surface area (Å²) in [5.41, 5.74) is -0.511. The van der Waals surface area contributed by atoms with Crippen LogP contribution in [0.3, 0.4) is 0 Å². The minimum Gasteiger partial charge on any atom is -0.495 e. The molecule has 2 heterocycles. The molecule has 172 valence electrons. The topological polar surface area (TPSA) is 112 Å². The van der Waals surface area contributed by atoms with Crippen molar-refractivity contribution in [1.29, 1.82) is 0 Å². The molecule has 0 radical (unpaired) electrons. The fourth-order valence-electron chi connectivity index (χ4n) is 3.15. The highest BCUT2D eigenvalue weighted by molar-refractivity contribution is 7.80. The van der Waals surface area contributed by atoms with Crippen LogP contribution < -0.4 is 9.46 Å². The van der Waals surface area contributed by atoms with E-state index in [1.807, 2.05) is 0 Å². The van der Waals surface area contributed by atoms with E-state index in [9.17, 15) is 27.0 Å². The highest BCUT2D eigenvalue weighted by Crippen LogP contribution is 2.29. The Morgan fingerprint density at radius 2 is 1.72 bits per heavy atom. The smallest absolute Gasteiger partial charge is 0.417 e. The molecule has 2 amide bonds. The first-order chi connectivity index (χ1) is 15.1. The van der Waals surface area contributed by atoms with E-state index >= 15 is 0 Å². The summed E-state index contributed by atoms with van der Waals surface area (Å²) in [5.74, 6) is -0.625. The van der Waals surface area contributed by atoms with Crippen LogP contribution in [0.4, 0.5) is 18.9 Å². The fraction of sp³-hybridized carbons (Fsp3) is 0.316. The van der Waals surface area contributed by atoms with Crippen molar-refractivity contribution in [3.8, 4) is 5.75 Å². The third-order valence-electron chi connectivity index (χ3n) is 4.81. The van der Waals surface area contributed by atoms with E-state index in [0.717, 1.165) is 12.1 Å². The predicted molar refractivity (Wildman–Crippen MR) is 108 cm³/mol. The van der Waals surface area contributed by atoms with Crippen molar-refractivity contribution in [2.24, 2.45) is 0 Å². The van der Waals surface area contributed by atoms with Crippen LogP contribution in [0.2, 0.25) is 0 Å². The van der Waals surface area contributed by atoms with Crippen molar-refractivity contribution in [1.82, 2.24) is 14.8 Å². The molecule has 1 unspecified atom stereocenters. The first kappa shape index (κ1) is 23.5. The van der Waals surface area contributed by atoms with E-state index in [1.54, 1.807) is 0 Å². The maximum atomic E-state index is 12.8. The summed E-state index contributed by atoms with van der Waals surface area (Å²) in [4.78, 5) is 31.9. The molecule has 0 aliphatic carbocycles. The molecule has 9 nitrogen and oxygen atoms in total. The van der Waals surface area contributed by atoms with Crippen LogP contribution in [-0.4, -0.2) is 68.6 Å². The summed E-state index contributed by atoms with van der Waals surface area (Å²) in [7, 11) is 1.36. The molecule has 1 saturated heterocycles. The van der Waals surface area contributed by atoms with E-state index in [4.69, 9.17) is 9.29 Å². The monoisotopic (exact) mass is 472 g/mol. The van der Waals surface area contributed by atoms with Crippen LogP contribution in [0.1, 0.15) is 26.4 Å². The van der Waals surface area contributed by atoms with Crippen LogP contribution in [-0.2, 0) is 17.4 Å². The number of methoxy groups -OCH3 is 1. The molecule has 1 aliphatic heterocycles. The number of halogens is 3. The number of ether oxygens (including phenoxy) is 1. The van der Waals surface area contributed by atoms with Crippen LogP contribution in [0.25, 0.3) is 0 Å². The summed E-state index contributed by atoms with van der Waals surface area (Å²) < 4.78 is 65.3. The number of hydrogen-bond donors (Lipinski definition) is 2. The quantitative estimate of drug-likeness (QED) is 0.646. The van der Waals surface area contributed by atoms with Gasteiger partial charge in [0.2, 0.25) is 0 Å². The number of carbonyl (C=O) groups excluding carboxylic acids is 2. The lowest BCUT2D eigenvalue weighted by atomic mass is 10.1. The Bertz CT molecular complexity index is 1020. The van der Waals surface area contributed by atoms with Gasteiger partial charge in [-0.3, -0.25) is 23.8 Å². The molecular weight excluding hydrogens is 453 g/mol. The van der Waals surface area contributed by atoms with Gasteiger partial charge in [0.1, 0.15) is 11.4 Å². The molecule has 2 N–H and O–H groups in total. The van der Waals surface area contributed by atoms with Crippen LogP contribution in [0.5, 0.6) is 5.75 Å². The Kier molecular flexibility index (Phi) is 6.99. The zero-order chi connectivity index (χ0) is 23.5. The molecule has 13 heteroatoms. The van der Waals surface area contributed by atoms with Gasteiger partial charge < -0.3 is 14.5 Å². The van der Waals surface area contributed by atoms with E-state index in [0.29, 0.717) is 11.8 Å². The lowest BCUT2D eigenvalue weighted by molar-refractivity contribution is -0.137. The molecule has 0 spiro atoms. The van der Waals surface area contributed by atoms with Gasteiger partial charge in [-0.2, -0.15) is 13.2 Å². The van der Waals surface area contributed by atoms with Gasteiger partial charge in [-0.05, 0) is 30.3 Å². The van der Waals surface area contributed by atoms with Gasteiger partial charge in [0.15, 0.2) is 0 Å². The van der Waals surface area contributed by atoms with Crippen molar-refractivity contribution in [3.63, 3.8) is 0 Å². The Hall–Kier alpha value is -3.19. The summed E-state index contributed by atoms with van der Waals surface area (Å²) in [5, 5.41) is 0. The molecule has 2 aromatic rings. The van der Waals surface area contributed by atoms with Gasteiger partial charge in [0, 0.05) is 37.9 Å². The first-order valence-electron chi connectivity index (χ1n) is 9.27. The van der Waals surface area contributed by atoms with E-state index in [1.165, 1.54) is 35.1 Å². The molecule has 1 fully saturated rings. The average molecular weight is 472 g/mol. The lowest BCUT2D eigenvalue weighted by Gasteiger charge is -2.34. The number of anilines is 1. The number of aromatic nitrogens is 1. The molecule has 0 bridgehead atoms. The summed E-state index contributed by atoms with van der Waals surface area (Å²) in [6.45, 7) is 0.809. The number of nitrogens with one attached hydrogen (secondary N) is 1. The highest BCUT2D eigenvalue weighted by atomic mass is 32.2. The molecule has 32 heavy (non-hydrogen) atoms. The number of rotatable bonds is 5.